The van der Waals surface area contributed by atoms with E-state index in [1.54, 1.807) is 17.8 Å². The lowest BCUT2D eigenvalue weighted by atomic mass is 10.3. The van der Waals surface area contributed by atoms with Gasteiger partial charge in [0.1, 0.15) is 0 Å². The van der Waals surface area contributed by atoms with Crippen LogP contribution in [0.4, 0.5) is 0 Å². The molecule has 0 spiro atoms. The summed E-state index contributed by atoms with van der Waals surface area (Å²) in [4.78, 5) is 0. The first-order chi connectivity index (χ1) is 6.53. The van der Waals surface area contributed by atoms with Gasteiger partial charge in [0.15, 0.2) is 0 Å². The maximum Gasteiger partial charge on any atom is 0.267 e. The van der Waals surface area contributed by atoms with Gasteiger partial charge in [0.25, 0.3) is 10.1 Å². The topological polar surface area (TPSA) is 61.2 Å². The fourth-order valence-corrected chi connectivity index (χ4v) is 1.47. The average molecular weight is 218 g/mol. The molecule has 0 aliphatic carbocycles. The fraction of sp³-hybridized carbons (Fsp3) is 0.625. The van der Waals surface area contributed by atoms with Gasteiger partial charge < -0.3 is 0 Å². The predicted molar refractivity (Wildman–Crippen MR) is 52.3 cm³/mol. The van der Waals surface area contributed by atoms with Gasteiger partial charge in [-0.25, -0.2) is 0 Å². The summed E-state index contributed by atoms with van der Waals surface area (Å²) < 4.78 is 28.3. The van der Waals surface area contributed by atoms with E-state index in [9.17, 15) is 8.42 Å². The van der Waals surface area contributed by atoms with Gasteiger partial charge in [-0.1, -0.05) is 0 Å². The molecule has 0 bridgehead atoms. The zero-order valence-corrected chi connectivity index (χ0v) is 9.12. The second-order valence-electron chi connectivity index (χ2n) is 2.94. The molecule has 0 atom stereocenters. The molecule has 0 radical (unpaired) electrons. The van der Waals surface area contributed by atoms with E-state index in [0.717, 1.165) is 5.56 Å². The van der Waals surface area contributed by atoms with Crippen LogP contribution in [0.2, 0.25) is 0 Å². The van der Waals surface area contributed by atoms with Gasteiger partial charge >= 0.3 is 0 Å². The Morgan fingerprint density at radius 1 is 1.57 bits per heavy atom. The Hall–Kier alpha value is -0.880. The summed E-state index contributed by atoms with van der Waals surface area (Å²) in [5.74, 6) is 0.0139. The molecule has 1 aromatic rings. The third-order valence-electron chi connectivity index (χ3n) is 1.77. The minimum atomic E-state index is -3.31. The highest BCUT2D eigenvalue weighted by Crippen LogP contribution is 2.00. The summed E-state index contributed by atoms with van der Waals surface area (Å²) in [7, 11) is -1.50. The number of aryl methyl sites for hydroxylation is 1. The first kappa shape index (κ1) is 11.2. The van der Waals surface area contributed by atoms with Crippen LogP contribution in [0.25, 0.3) is 0 Å². The summed E-state index contributed by atoms with van der Waals surface area (Å²) in [6.45, 7) is 1.74. The molecular formula is C8H14N2O3S. The number of hydrogen-bond donors (Lipinski definition) is 0. The molecule has 0 aromatic carbocycles. The molecule has 6 heteroatoms. The summed E-state index contributed by atoms with van der Waals surface area (Å²) in [5, 5.41) is 3.96. The maximum absolute atomic E-state index is 11.0. The zero-order valence-electron chi connectivity index (χ0n) is 8.30. The molecule has 80 valence electrons. The van der Waals surface area contributed by atoms with Gasteiger partial charge in [0, 0.05) is 19.7 Å². The third-order valence-corrected chi connectivity index (χ3v) is 3.00. The fourth-order valence-electron chi connectivity index (χ4n) is 0.971. The Balaban J connectivity index is 2.36. The van der Waals surface area contributed by atoms with Crippen molar-refractivity contribution in [1.29, 1.82) is 0 Å². The van der Waals surface area contributed by atoms with E-state index in [4.69, 9.17) is 4.18 Å². The van der Waals surface area contributed by atoms with Gasteiger partial charge in [-0.3, -0.25) is 8.86 Å². The summed E-state index contributed by atoms with van der Waals surface area (Å²) in [6, 6.07) is 0. The van der Waals surface area contributed by atoms with E-state index in [1.807, 2.05) is 13.2 Å². The molecular weight excluding hydrogens is 204 g/mol. The van der Waals surface area contributed by atoms with Crippen molar-refractivity contribution < 1.29 is 12.6 Å². The van der Waals surface area contributed by atoms with Crippen LogP contribution in [0.3, 0.4) is 0 Å². The lowest BCUT2D eigenvalue weighted by molar-refractivity contribution is 0.323. The first-order valence-electron chi connectivity index (χ1n) is 4.38. The van der Waals surface area contributed by atoms with Gasteiger partial charge in [-0.05, 0) is 12.5 Å². The Morgan fingerprint density at radius 3 is 2.79 bits per heavy atom. The standard InChI is InChI=1S/C8H14N2O3S/c1-3-14(11,12)13-5-4-8-6-9-10(2)7-8/h6-7H,3-5H2,1-2H3. The molecule has 1 heterocycles. The van der Waals surface area contributed by atoms with Crippen LogP contribution in [0.5, 0.6) is 0 Å². The minimum absolute atomic E-state index is 0.0139. The molecule has 1 aromatic heterocycles. The average Bonchev–Trinajstić information content (AvgIpc) is 2.51. The van der Waals surface area contributed by atoms with E-state index in [2.05, 4.69) is 5.10 Å². The monoisotopic (exact) mass is 218 g/mol. The Kier molecular flexibility index (Phi) is 3.65. The minimum Gasteiger partial charge on any atom is -0.276 e. The summed E-state index contributed by atoms with van der Waals surface area (Å²) >= 11 is 0. The maximum atomic E-state index is 11.0. The summed E-state index contributed by atoms with van der Waals surface area (Å²) in [6.07, 6.45) is 4.09. The van der Waals surface area contributed by atoms with Crippen molar-refractivity contribution in [2.24, 2.45) is 7.05 Å². The molecule has 0 aliphatic heterocycles. The summed E-state index contributed by atoms with van der Waals surface area (Å²) in [5.41, 5.74) is 0.971. The SMILES string of the molecule is CCS(=O)(=O)OCCc1cnn(C)c1. The molecule has 0 fully saturated rings. The van der Waals surface area contributed by atoms with E-state index < -0.39 is 10.1 Å². The smallest absolute Gasteiger partial charge is 0.267 e. The van der Waals surface area contributed by atoms with Gasteiger partial charge in [-0.15, -0.1) is 0 Å². The largest absolute Gasteiger partial charge is 0.276 e. The number of rotatable bonds is 5. The van der Waals surface area contributed by atoms with Crippen LogP contribution in [0.1, 0.15) is 12.5 Å². The molecule has 0 saturated carbocycles. The quantitative estimate of drug-likeness (QED) is 0.668. The predicted octanol–water partition coefficient (Wildman–Crippen LogP) is 0.329. The van der Waals surface area contributed by atoms with Crippen molar-refractivity contribution in [1.82, 2.24) is 9.78 Å². The van der Waals surface area contributed by atoms with Crippen molar-refractivity contribution in [3.8, 4) is 0 Å². The van der Waals surface area contributed by atoms with Crippen molar-refractivity contribution in [2.75, 3.05) is 12.4 Å². The molecule has 14 heavy (non-hydrogen) atoms. The Labute approximate surface area is 83.8 Å². The molecule has 1 rings (SSSR count). The Morgan fingerprint density at radius 2 is 2.29 bits per heavy atom. The van der Waals surface area contributed by atoms with Crippen molar-refractivity contribution >= 4 is 10.1 Å². The highest BCUT2D eigenvalue weighted by Gasteiger charge is 2.07. The van der Waals surface area contributed by atoms with Crippen molar-refractivity contribution in [3.63, 3.8) is 0 Å². The van der Waals surface area contributed by atoms with E-state index in [0.29, 0.717) is 6.42 Å². The van der Waals surface area contributed by atoms with Gasteiger partial charge in [-0.2, -0.15) is 13.5 Å². The van der Waals surface area contributed by atoms with E-state index in [-0.39, 0.29) is 12.4 Å². The first-order valence-corrected chi connectivity index (χ1v) is 5.96. The second kappa shape index (κ2) is 4.56. The Bertz CT molecular complexity index is 383. The lowest BCUT2D eigenvalue weighted by Gasteiger charge is -2.00. The molecule has 0 saturated heterocycles. The number of aromatic nitrogens is 2. The van der Waals surface area contributed by atoms with Crippen molar-refractivity contribution in [3.05, 3.63) is 18.0 Å². The zero-order chi connectivity index (χ0) is 10.6. The molecule has 0 aliphatic rings. The van der Waals surface area contributed by atoms with Crippen LogP contribution in [-0.4, -0.2) is 30.6 Å². The van der Waals surface area contributed by atoms with E-state index in [1.165, 1.54) is 0 Å². The van der Waals surface area contributed by atoms with Crippen LogP contribution in [-0.2, 0) is 27.8 Å². The molecule has 5 nitrogen and oxygen atoms in total. The number of hydrogen-bond acceptors (Lipinski definition) is 4. The van der Waals surface area contributed by atoms with Crippen LogP contribution >= 0.6 is 0 Å². The highest BCUT2D eigenvalue weighted by molar-refractivity contribution is 7.86. The van der Waals surface area contributed by atoms with Crippen LogP contribution in [0, 0.1) is 0 Å². The van der Waals surface area contributed by atoms with Crippen LogP contribution < -0.4 is 0 Å². The molecule has 0 unspecified atom stereocenters. The highest BCUT2D eigenvalue weighted by atomic mass is 32.2. The lowest BCUT2D eigenvalue weighted by Crippen LogP contribution is -2.10. The molecule has 0 amide bonds. The molecule has 0 N–H and O–H groups in total. The van der Waals surface area contributed by atoms with Crippen LogP contribution in [0.15, 0.2) is 12.4 Å². The second-order valence-corrected chi connectivity index (χ2v) is 4.87. The number of nitrogens with zero attached hydrogens (tertiary/aromatic N) is 2. The van der Waals surface area contributed by atoms with E-state index >= 15 is 0 Å². The van der Waals surface area contributed by atoms with Gasteiger partial charge in [0.05, 0.1) is 18.6 Å². The van der Waals surface area contributed by atoms with Crippen molar-refractivity contribution in [2.45, 2.75) is 13.3 Å². The normalized spacial score (nSPS) is 11.9. The third kappa shape index (κ3) is 3.47. The van der Waals surface area contributed by atoms with Gasteiger partial charge in [0.2, 0.25) is 0 Å².